The van der Waals surface area contributed by atoms with E-state index in [2.05, 4.69) is 15.3 Å². The average Bonchev–Trinajstić information content (AvgIpc) is 2.40. The fourth-order valence-corrected chi connectivity index (χ4v) is 2.06. The molecule has 110 valence electrons. The lowest BCUT2D eigenvalue weighted by molar-refractivity contribution is -0.117. The van der Waals surface area contributed by atoms with Crippen LogP contribution in [0.4, 0.5) is 5.82 Å². The van der Waals surface area contributed by atoms with Crippen LogP contribution in [0.25, 0.3) is 0 Å². The Morgan fingerprint density at radius 3 is 2.57 bits per heavy atom. The summed E-state index contributed by atoms with van der Waals surface area (Å²) in [6.07, 6.45) is 0.318. The number of amides is 1. The van der Waals surface area contributed by atoms with Gasteiger partial charge in [-0.05, 0) is 35.7 Å². The molecule has 1 atom stereocenters. The number of nitrogens with two attached hydrogens (primary N) is 1. The van der Waals surface area contributed by atoms with Crippen molar-refractivity contribution in [1.82, 2.24) is 9.97 Å². The van der Waals surface area contributed by atoms with Crippen molar-refractivity contribution in [2.75, 3.05) is 5.32 Å². The zero-order valence-electron chi connectivity index (χ0n) is 10.8. The molecule has 2 aromatic rings. The number of aromatic nitrogens is 2. The summed E-state index contributed by atoms with van der Waals surface area (Å²) >= 11 is 11.4. The largest absolute Gasteiger partial charge is 0.508 e. The van der Waals surface area contributed by atoms with Crippen molar-refractivity contribution in [3.8, 4) is 5.75 Å². The highest BCUT2D eigenvalue weighted by atomic mass is 35.5. The predicted octanol–water partition coefficient (Wildman–Crippen LogP) is 2.00. The van der Waals surface area contributed by atoms with Gasteiger partial charge in [0.2, 0.25) is 11.2 Å². The number of halogens is 2. The molecule has 1 aromatic carbocycles. The van der Waals surface area contributed by atoms with E-state index in [1.54, 1.807) is 12.1 Å². The Labute approximate surface area is 130 Å². The third-order valence-corrected chi connectivity index (χ3v) is 3.01. The molecule has 6 nitrogen and oxygen atoms in total. The van der Waals surface area contributed by atoms with Gasteiger partial charge in [-0.3, -0.25) is 4.79 Å². The van der Waals surface area contributed by atoms with Gasteiger partial charge in [0.25, 0.3) is 0 Å². The molecule has 21 heavy (non-hydrogen) atoms. The summed E-state index contributed by atoms with van der Waals surface area (Å²) in [4.78, 5) is 19.5. The van der Waals surface area contributed by atoms with Gasteiger partial charge in [0.15, 0.2) is 0 Å². The zero-order valence-corrected chi connectivity index (χ0v) is 12.3. The van der Waals surface area contributed by atoms with Gasteiger partial charge in [0, 0.05) is 6.07 Å². The molecule has 0 saturated heterocycles. The van der Waals surface area contributed by atoms with Crippen molar-refractivity contribution in [3.63, 3.8) is 0 Å². The number of carbonyl (C=O) groups excluding carboxylic acids is 1. The molecule has 0 bridgehead atoms. The molecule has 1 amide bonds. The number of nitrogens with zero attached hydrogens (tertiary/aromatic N) is 2. The van der Waals surface area contributed by atoms with Crippen LogP contribution in [0.15, 0.2) is 30.3 Å². The lowest BCUT2D eigenvalue weighted by Gasteiger charge is -2.12. The summed E-state index contributed by atoms with van der Waals surface area (Å²) in [5.74, 6) is -0.0814. The highest BCUT2D eigenvalue weighted by molar-refractivity contribution is 6.32. The minimum absolute atomic E-state index is 0.0649. The summed E-state index contributed by atoms with van der Waals surface area (Å²) in [7, 11) is 0. The molecular weight excluding hydrogens is 315 g/mol. The Balaban J connectivity index is 2.00. The number of benzene rings is 1. The Kier molecular flexibility index (Phi) is 4.95. The molecule has 1 heterocycles. The van der Waals surface area contributed by atoms with E-state index in [1.165, 1.54) is 18.2 Å². The topological polar surface area (TPSA) is 101 Å². The molecule has 0 unspecified atom stereocenters. The van der Waals surface area contributed by atoms with Crippen LogP contribution in [0.2, 0.25) is 10.4 Å². The second-order valence-electron chi connectivity index (χ2n) is 4.31. The maximum absolute atomic E-state index is 12.0. The van der Waals surface area contributed by atoms with E-state index >= 15 is 0 Å². The maximum atomic E-state index is 12.0. The monoisotopic (exact) mass is 326 g/mol. The van der Waals surface area contributed by atoms with Crippen LogP contribution in [0.5, 0.6) is 5.75 Å². The van der Waals surface area contributed by atoms with E-state index in [-0.39, 0.29) is 22.0 Å². The number of nitrogens with one attached hydrogen (secondary N) is 1. The Morgan fingerprint density at radius 2 is 1.95 bits per heavy atom. The van der Waals surface area contributed by atoms with Crippen molar-refractivity contribution in [2.45, 2.75) is 12.5 Å². The second kappa shape index (κ2) is 6.71. The van der Waals surface area contributed by atoms with Gasteiger partial charge in [0.05, 0.1) is 6.04 Å². The van der Waals surface area contributed by atoms with Crippen LogP contribution in [-0.4, -0.2) is 27.0 Å². The number of aromatic hydroxyl groups is 1. The van der Waals surface area contributed by atoms with Crippen molar-refractivity contribution in [2.24, 2.45) is 5.73 Å². The molecular formula is C13H12Cl2N4O2. The number of hydrogen-bond acceptors (Lipinski definition) is 5. The van der Waals surface area contributed by atoms with Gasteiger partial charge in [-0.2, -0.15) is 0 Å². The summed E-state index contributed by atoms with van der Waals surface area (Å²) in [5, 5.41) is 11.8. The van der Waals surface area contributed by atoms with Crippen molar-refractivity contribution in [3.05, 3.63) is 46.3 Å². The summed E-state index contributed by atoms with van der Waals surface area (Å²) < 4.78 is 0. The van der Waals surface area contributed by atoms with E-state index in [4.69, 9.17) is 28.9 Å². The molecule has 0 aliphatic carbocycles. The summed E-state index contributed by atoms with van der Waals surface area (Å²) in [6.45, 7) is 0. The predicted molar refractivity (Wildman–Crippen MR) is 80.5 cm³/mol. The molecule has 8 heteroatoms. The second-order valence-corrected chi connectivity index (χ2v) is 5.04. The zero-order chi connectivity index (χ0) is 15.4. The molecule has 4 N–H and O–H groups in total. The van der Waals surface area contributed by atoms with E-state index in [0.717, 1.165) is 5.56 Å². The molecule has 0 saturated carbocycles. The van der Waals surface area contributed by atoms with Crippen molar-refractivity contribution >= 4 is 34.9 Å². The van der Waals surface area contributed by atoms with Crippen LogP contribution in [0, 0.1) is 0 Å². The minimum atomic E-state index is -0.776. The molecule has 1 aromatic heterocycles. The third kappa shape index (κ3) is 4.56. The number of carbonyl (C=O) groups is 1. The smallest absolute Gasteiger partial charge is 0.242 e. The number of phenolic OH excluding ortho intramolecular Hbond substituents is 1. The average molecular weight is 327 g/mol. The standard InChI is InChI=1S/C13H12Cl2N4O2/c14-10-6-11(19-13(15)17-10)18-12(21)9(16)5-7-1-3-8(20)4-2-7/h1-4,6,9,20H,5,16H2,(H,17,18,19,21)/t9-/m1/s1. The summed E-state index contributed by atoms with van der Waals surface area (Å²) in [6, 6.07) is 7.05. The van der Waals surface area contributed by atoms with Crippen LogP contribution in [-0.2, 0) is 11.2 Å². The van der Waals surface area contributed by atoms with Crippen LogP contribution in [0.1, 0.15) is 5.56 Å². The molecule has 0 radical (unpaired) electrons. The first-order valence-corrected chi connectivity index (χ1v) is 6.74. The van der Waals surface area contributed by atoms with E-state index in [0.29, 0.717) is 6.42 Å². The van der Waals surface area contributed by atoms with Gasteiger partial charge in [-0.15, -0.1) is 0 Å². The van der Waals surface area contributed by atoms with Gasteiger partial charge in [-0.25, -0.2) is 9.97 Å². The van der Waals surface area contributed by atoms with Crippen molar-refractivity contribution < 1.29 is 9.90 Å². The Bertz CT molecular complexity index is 629. The normalized spacial score (nSPS) is 12.0. The minimum Gasteiger partial charge on any atom is -0.508 e. The number of phenols is 1. The lowest BCUT2D eigenvalue weighted by Crippen LogP contribution is -2.37. The maximum Gasteiger partial charge on any atom is 0.242 e. The van der Waals surface area contributed by atoms with Gasteiger partial charge in [0.1, 0.15) is 16.7 Å². The Hall–Kier alpha value is -1.89. The first-order valence-electron chi connectivity index (χ1n) is 5.98. The molecule has 0 aliphatic heterocycles. The SMILES string of the molecule is N[C@H](Cc1ccc(O)cc1)C(=O)Nc1cc(Cl)nc(Cl)n1. The lowest BCUT2D eigenvalue weighted by atomic mass is 10.1. The number of rotatable bonds is 4. The number of hydrogen-bond donors (Lipinski definition) is 3. The Morgan fingerprint density at radius 1 is 1.29 bits per heavy atom. The van der Waals surface area contributed by atoms with Gasteiger partial charge < -0.3 is 16.2 Å². The van der Waals surface area contributed by atoms with E-state index in [9.17, 15) is 9.90 Å². The fourth-order valence-electron chi connectivity index (χ4n) is 1.65. The van der Waals surface area contributed by atoms with E-state index < -0.39 is 11.9 Å². The van der Waals surface area contributed by atoms with Crippen LogP contribution >= 0.6 is 23.2 Å². The third-order valence-electron chi connectivity index (χ3n) is 2.65. The van der Waals surface area contributed by atoms with Gasteiger partial charge >= 0.3 is 0 Å². The number of anilines is 1. The fraction of sp³-hybridized carbons (Fsp3) is 0.154. The molecule has 0 aliphatic rings. The van der Waals surface area contributed by atoms with Crippen LogP contribution < -0.4 is 11.1 Å². The summed E-state index contributed by atoms with van der Waals surface area (Å²) in [5.41, 5.74) is 6.66. The highest BCUT2D eigenvalue weighted by Gasteiger charge is 2.15. The van der Waals surface area contributed by atoms with Crippen LogP contribution in [0.3, 0.4) is 0 Å². The highest BCUT2D eigenvalue weighted by Crippen LogP contribution is 2.15. The molecule has 0 fully saturated rings. The first-order chi connectivity index (χ1) is 9.94. The quantitative estimate of drug-likeness (QED) is 0.589. The van der Waals surface area contributed by atoms with E-state index in [1.807, 2.05) is 0 Å². The molecule has 2 rings (SSSR count). The molecule has 0 spiro atoms. The van der Waals surface area contributed by atoms with Gasteiger partial charge in [-0.1, -0.05) is 23.7 Å². The van der Waals surface area contributed by atoms with Crippen molar-refractivity contribution in [1.29, 1.82) is 0 Å². The first kappa shape index (κ1) is 15.5.